The van der Waals surface area contributed by atoms with Crippen LogP contribution in [0, 0.1) is 0 Å². The number of nitrogens with one attached hydrogen (secondary N) is 1. The van der Waals surface area contributed by atoms with Gasteiger partial charge in [-0.1, -0.05) is 18.2 Å². The summed E-state index contributed by atoms with van der Waals surface area (Å²) < 4.78 is 5.17. The molecule has 3 rings (SSSR count). The SMILES string of the molecule is COc1ccc(CN(C)C(=O)c2cccc3c2CCCN3)cc1. The minimum atomic E-state index is 0.0707. The van der Waals surface area contributed by atoms with Gasteiger partial charge in [0, 0.05) is 31.4 Å². The van der Waals surface area contributed by atoms with E-state index in [4.69, 9.17) is 4.74 Å². The van der Waals surface area contributed by atoms with Gasteiger partial charge < -0.3 is 15.0 Å². The summed E-state index contributed by atoms with van der Waals surface area (Å²) in [5.74, 6) is 0.896. The number of hydrogen-bond acceptors (Lipinski definition) is 3. The van der Waals surface area contributed by atoms with E-state index in [1.54, 1.807) is 12.0 Å². The first-order valence-corrected chi connectivity index (χ1v) is 7.93. The van der Waals surface area contributed by atoms with Crippen molar-refractivity contribution in [1.29, 1.82) is 0 Å². The van der Waals surface area contributed by atoms with E-state index in [-0.39, 0.29) is 5.91 Å². The second-order valence-corrected chi connectivity index (χ2v) is 5.87. The Labute approximate surface area is 137 Å². The van der Waals surface area contributed by atoms with E-state index in [9.17, 15) is 4.79 Å². The topological polar surface area (TPSA) is 41.6 Å². The predicted octanol–water partition coefficient (Wildman–Crippen LogP) is 3.33. The molecule has 0 unspecified atom stereocenters. The molecule has 0 bridgehead atoms. The lowest BCUT2D eigenvalue weighted by atomic mass is 9.97. The second kappa shape index (κ2) is 6.73. The summed E-state index contributed by atoms with van der Waals surface area (Å²) in [7, 11) is 3.50. The van der Waals surface area contributed by atoms with Crippen LogP contribution in [0.2, 0.25) is 0 Å². The average molecular weight is 310 g/mol. The summed E-state index contributed by atoms with van der Waals surface area (Å²) in [5.41, 5.74) is 4.14. The van der Waals surface area contributed by atoms with Crippen LogP contribution in [-0.2, 0) is 13.0 Å². The van der Waals surface area contributed by atoms with Gasteiger partial charge in [0.15, 0.2) is 0 Å². The highest BCUT2D eigenvalue weighted by molar-refractivity contribution is 5.97. The summed E-state index contributed by atoms with van der Waals surface area (Å²) in [6, 6.07) is 13.7. The fourth-order valence-corrected chi connectivity index (χ4v) is 2.99. The molecule has 4 nitrogen and oxygen atoms in total. The molecule has 0 atom stereocenters. The van der Waals surface area contributed by atoms with Crippen molar-refractivity contribution >= 4 is 11.6 Å². The van der Waals surface area contributed by atoms with E-state index in [1.165, 1.54) is 0 Å². The van der Waals surface area contributed by atoms with Crippen molar-refractivity contribution in [3.05, 3.63) is 59.2 Å². The minimum Gasteiger partial charge on any atom is -0.497 e. The largest absolute Gasteiger partial charge is 0.497 e. The zero-order valence-electron chi connectivity index (χ0n) is 13.6. The molecule has 0 aliphatic carbocycles. The third-order valence-electron chi connectivity index (χ3n) is 4.25. The zero-order valence-corrected chi connectivity index (χ0v) is 13.6. The fraction of sp³-hybridized carbons (Fsp3) is 0.316. The van der Waals surface area contributed by atoms with E-state index >= 15 is 0 Å². The lowest BCUT2D eigenvalue weighted by Crippen LogP contribution is -2.28. The maximum absolute atomic E-state index is 12.8. The molecule has 0 saturated heterocycles. The Morgan fingerprint density at radius 1 is 1.22 bits per heavy atom. The van der Waals surface area contributed by atoms with Gasteiger partial charge in [0.25, 0.3) is 5.91 Å². The average Bonchev–Trinajstić information content (AvgIpc) is 2.61. The lowest BCUT2D eigenvalue weighted by Gasteiger charge is -2.23. The first kappa shape index (κ1) is 15.4. The Hall–Kier alpha value is -2.49. The number of nitrogens with zero attached hydrogens (tertiary/aromatic N) is 1. The molecule has 120 valence electrons. The third-order valence-corrected chi connectivity index (χ3v) is 4.25. The normalized spacial score (nSPS) is 13.0. The lowest BCUT2D eigenvalue weighted by molar-refractivity contribution is 0.0784. The van der Waals surface area contributed by atoms with E-state index < -0.39 is 0 Å². The number of rotatable bonds is 4. The van der Waals surface area contributed by atoms with Gasteiger partial charge in [0.2, 0.25) is 0 Å². The summed E-state index contributed by atoms with van der Waals surface area (Å²) in [5, 5.41) is 3.37. The highest BCUT2D eigenvalue weighted by Gasteiger charge is 2.20. The number of benzene rings is 2. The number of methoxy groups -OCH3 is 1. The standard InChI is InChI=1S/C19H22N2O2/c1-21(13-14-8-10-15(23-2)11-9-14)19(22)17-5-3-7-18-16(17)6-4-12-20-18/h3,5,7-11,20H,4,6,12-13H2,1-2H3. The molecule has 23 heavy (non-hydrogen) atoms. The van der Waals surface area contributed by atoms with Crippen LogP contribution in [0.25, 0.3) is 0 Å². The molecular weight excluding hydrogens is 288 g/mol. The molecule has 0 saturated carbocycles. The zero-order chi connectivity index (χ0) is 16.2. The summed E-state index contributed by atoms with van der Waals surface area (Å²) in [6.45, 7) is 1.56. The molecule has 0 radical (unpaired) electrons. The van der Waals surface area contributed by atoms with E-state index in [0.29, 0.717) is 6.54 Å². The highest BCUT2D eigenvalue weighted by Crippen LogP contribution is 2.26. The molecule has 1 amide bonds. The molecule has 0 aromatic heterocycles. The molecule has 1 N–H and O–H groups in total. The van der Waals surface area contributed by atoms with Crippen LogP contribution in [0.4, 0.5) is 5.69 Å². The van der Waals surface area contributed by atoms with Crippen LogP contribution in [0.15, 0.2) is 42.5 Å². The van der Waals surface area contributed by atoms with Gasteiger partial charge in [-0.15, -0.1) is 0 Å². The van der Waals surface area contributed by atoms with Crippen molar-refractivity contribution in [3.63, 3.8) is 0 Å². The quantitative estimate of drug-likeness (QED) is 0.942. The van der Waals surface area contributed by atoms with E-state index in [2.05, 4.69) is 11.4 Å². The maximum Gasteiger partial charge on any atom is 0.254 e. The van der Waals surface area contributed by atoms with Gasteiger partial charge >= 0.3 is 0 Å². The van der Waals surface area contributed by atoms with Crippen molar-refractivity contribution in [2.45, 2.75) is 19.4 Å². The predicted molar refractivity (Wildman–Crippen MR) is 92.0 cm³/mol. The van der Waals surface area contributed by atoms with Gasteiger partial charge in [-0.3, -0.25) is 4.79 Å². The molecule has 2 aromatic carbocycles. The van der Waals surface area contributed by atoms with Crippen LogP contribution in [0.3, 0.4) is 0 Å². The number of hydrogen-bond donors (Lipinski definition) is 1. The number of carbonyl (C=O) groups is 1. The molecule has 0 spiro atoms. The second-order valence-electron chi connectivity index (χ2n) is 5.87. The number of fused-ring (bicyclic) bond motifs is 1. The van der Waals surface area contributed by atoms with Crippen LogP contribution in [-0.4, -0.2) is 31.5 Å². The highest BCUT2D eigenvalue weighted by atomic mass is 16.5. The number of carbonyl (C=O) groups excluding carboxylic acids is 1. The van der Waals surface area contributed by atoms with Crippen LogP contribution in [0.5, 0.6) is 5.75 Å². The number of ether oxygens (including phenoxy) is 1. The van der Waals surface area contributed by atoms with E-state index in [1.807, 2.05) is 43.4 Å². The molecule has 1 aliphatic heterocycles. The van der Waals surface area contributed by atoms with Crippen molar-refractivity contribution in [1.82, 2.24) is 4.90 Å². The fourth-order valence-electron chi connectivity index (χ4n) is 2.99. The number of amides is 1. The molecule has 2 aromatic rings. The Morgan fingerprint density at radius 2 is 2.00 bits per heavy atom. The Bertz CT molecular complexity index is 695. The first-order valence-electron chi connectivity index (χ1n) is 7.93. The summed E-state index contributed by atoms with van der Waals surface area (Å²) in [6.07, 6.45) is 2.03. The van der Waals surface area contributed by atoms with Crippen molar-refractivity contribution in [2.24, 2.45) is 0 Å². The third kappa shape index (κ3) is 3.31. The Kier molecular flexibility index (Phi) is 4.51. The molecule has 1 aliphatic rings. The van der Waals surface area contributed by atoms with Crippen molar-refractivity contribution in [3.8, 4) is 5.75 Å². The van der Waals surface area contributed by atoms with Gasteiger partial charge in [0.1, 0.15) is 5.75 Å². The van der Waals surface area contributed by atoms with Crippen LogP contribution < -0.4 is 10.1 Å². The summed E-state index contributed by atoms with van der Waals surface area (Å²) in [4.78, 5) is 14.6. The molecule has 4 heteroatoms. The Morgan fingerprint density at radius 3 is 2.74 bits per heavy atom. The summed E-state index contributed by atoms with van der Waals surface area (Å²) >= 11 is 0. The van der Waals surface area contributed by atoms with Crippen LogP contribution >= 0.6 is 0 Å². The van der Waals surface area contributed by atoms with Gasteiger partial charge in [-0.2, -0.15) is 0 Å². The number of anilines is 1. The minimum absolute atomic E-state index is 0.0707. The molecule has 1 heterocycles. The smallest absolute Gasteiger partial charge is 0.254 e. The van der Waals surface area contributed by atoms with Gasteiger partial charge in [-0.05, 0) is 48.2 Å². The monoisotopic (exact) mass is 310 g/mol. The van der Waals surface area contributed by atoms with Crippen molar-refractivity contribution in [2.75, 3.05) is 26.0 Å². The first-order chi connectivity index (χ1) is 11.2. The maximum atomic E-state index is 12.8. The van der Waals surface area contributed by atoms with Gasteiger partial charge in [-0.25, -0.2) is 0 Å². The van der Waals surface area contributed by atoms with E-state index in [0.717, 1.165) is 47.5 Å². The van der Waals surface area contributed by atoms with Crippen molar-refractivity contribution < 1.29 is 9.53 Å². The molecular formula is C19H22N2O2. The molecule has 0 fully saturated rings. The Balaban J connectivity index is 1.77. The van der Waals surface area contributed by atoms with Crippen LogP contribution in [0.1, 0.15) is 27.9 Å². The van der Waals surface area contributed by atoms with Gasteiger partial charge in [0.05, 0.1) is 7.11 Å².